The molecule has 2 rings (SSSR count). The van der Waals surface area contributed by atoms with Gasteiger partial charge in [0.1, 0.15) is 0 Å². The Kier molecular flexibility index (Phi) is 8.93. The molecule has 0 amide bonds. The molecule has 0 spiro atoms. The van der Waals surface area contributed by atoms with E-state index in [1.165, 1.54) is 18.4 Å². The molecule has 1 N–H and O–H groups in total. The van der Waals surface area contributed by atoms with Crippen molar-refractivity contribution in [3.8, 4) is 0 Å². The van der Waals surface area contributed by atoms with Crippen LogP contribution in [0.1, 0.15) is 59.1 Å². The van der Waals surface area contributed by atoms with Crippen molar-refractivity contribution in [2.75, 3.05) is 0 Å². The van der Waals surface area contributed by atoms with Crippen LogP contribution in [0.3, 0.4) is 0 Å². The molecule has 0 aromatic heterocycles. The first kappa shape index (κ1) is 15.2. The lowest BCUT2D eigenvalue weighted by Gasteiger charge is -2.12. The molecule has 1 aromatic rings. The molecule has 0 bridgehead atoms. The molecule has 1 unspecified atom stereocenters. The predicted octanol–water partition coefficient (Wildman–Crippen LogP) is 4.55. The quantitative estimate of drug-likeness (QED) is 0.789. The van der Waals surface area contributed by atoms with Crippen LogP contribution in [-0.2, 0) is 0 Å². The molecule has 92 valence electrons. The van der Waals surface area contributed by atoms with E-state index in [-0.39, 0.29) is 0 Å². The summed E-state index contributed by atoms with van der Waals surface area (Å²) in [5.41, 5.74) is 1.39. The van der Waals surface area contributed by atoms with Crippen LogP contribution in [0.2, 0.25) is 0 Å². The van der Waals surface area contributed by atoms with Gasteiger partial charge in [-0.1, -0.05) is 58.0 Å². The minimum absolute atomic E-state index is 0.513. The van der Waals surface area contributed by atoms with Crippen LogP contribution in [0.5, 0.6) is 0 Å². The number of hydrogen-bond donors (Lipinski definition) is 1. The number of hydrogen-bond acceptors (Lipinski definition) is 1. The molecule has 1 heteroatoms. The average molecular weight is 221 g/mol. The monoisotopic (exact) mass is 221 g/mol. The summed E-state index contributed by atoms with van der Waals surface area (Å²) in [6.07, 6.45) is 2.72. The molecule has 1 aromatic carbocycles. The maximum Gasteiger partial charge on any atom is 0.0294 e. The predicted molar refractivity (Wildman–Crippen MR) is 73.7 cm³/mol. The highest BCUT2D eigenvalue weighted by Gasteiger charge is 2.22. The Morgan fingerprint density at radius 2 is 1.50 bits per heavy atom. The van der Waals surface area contributed by atoms with Crippen LogP contribution in [0.25, 0.3) is 0 Å². The lowest BCUT2D eigenvalue weighted by molar-refractivity contribution is 0.571. The highest BCUT2D eigenvalue weighted by atomic mass is 15.0. The van der Waals surface area contributed by atoms with Crippen LogP contribution in [0.15, 0.2) is 30.3 Å². The van der Waals surface area contributed by atoms with E-state index in [1.807, 2.05) is 27.7 Å². The lowest BCUT2D eigenvalue weighted by atomic mass is 10.1. The molecule has 0 heterocycles. The molecule has 0 radical (unpaired) electrons. The van der Waals surface area contributed by atoms with Gasteiger partial charge >= 0.3 is 0 Å². The van der Waals surface area contributed by atoms with E-state index in [4.69, 9.17) is 0 Å². The molecular weight excluding hydrogens is 194 g/mol. The Morgan fingerprint density at radius 3 is 1.94 bits per heavy atom. The standard InChI is InChI=1S/C11H15N.2C2H6/c1-9(12-11-7-8-11)10-5-3-2-4-6-10;2*1-2/h2-6,9,11-12H,7-8H2,1H3;2*1-2H3. The van der Waals surface area contributed by atoms with Crippen LogP contribution in [0, 0.1) is 0 Å². The van der Waals surface area contributed by atoms with Crippen LogP contribution < -0.4 is 5.32 Å². The van der Waals surface area contributed by atoms with E-state index < -0.39 is 0 Å². The van der Waals surface area contributed by atoms with Crippen molar-refractivity contribution in [2.45, 2.75) is 59.5 Å². The largest absolute Gasteiger partial charge is 0.307 e. The van der Waals surface area contributed by atoms with Gasteiger partial charge in [-0.2, -0.15) is 0 Å². The lowest BCUT2D eigenvalue weighted by Crippen LogP contribution is -2.20. The third-order valence-corrected chi connectivity index (χ3v) is 2.36. The van der Waals surface area contributed by atoms with Gasteiger partial charge in [-0.25, -0.2) is 0 Å². The van der Waals surface area contributed by atoms with Crippen molar-refractivity contribution in [2.24, 2.45) is 0 Å². The van der Waals surface area contributed by atoms with Crippen LogP contribution in [-0.4, -0.2) is 6.04 Å². The molecule has 1 aliphatic carbocycles. The summed E-state index contributed by atoms with van der Waals surface area (Å²) in [5, 5.41) is 3.57. The summed E-state index contributed by atoms with van der Waals surface area (Å²) in [4.78, 5) is 0. The van der Waals surface area contributed by atoms with Gasteiger partial charge in [-0.15, -0.1) is 0 Å². The molecule has 0 saturated heterocycles. The van der Waals surface area contributed by atoms with Gasteiger partial charge in [0.05, 0.1) is 0 Å². The summed E-state index contributed by atoms with van der Waals surface area (Å²) in [7, 11) is 0. The second-order valence-electron chi connectivity index (χ2n) is 3.57. The second kappa shape index (κ2) is 9.41. The minimum Gasteiger partial charge on any atom is -0.307 e. The molecule has 1 atom stereocenters. The molecule has 1 nitrogen and oxygen atoms in total. The fourth-order valence-corrected chi connectivity index (χ4v) is 1.44. The van der Waals surface area contributed by atoms with Crippen molar-refractivity contribution in [1.29, 1.82) is 0 Å². The first-order valence-electron chi connectivity index (χ1n) is 6.67. The Labute approximate surface area is 101 Å². The van der Waals surface area contributed by atoms with E-state index in [2.05, 4.69) is 42.6 Å². The summed E-state index contributed by atoms with van der Waals surface area (Å²) in [6.45, 7) is 10.2. The summed E-state index contributed by atoms with van der Waals surface area (Å²) >= 11 is 0. The normalized spacial score (nSPS) is 15.1. The first-order valence-corrected chi connectivity index (χ1v) is 6.67. The molecular formula is C15H27N. The molecule has 16 heavy (non-hydrogen) atoms. The van der Waals surface area contributed by atoms with Gasteiger partial charge in [0.2, 0.25) is 0 Å². The topological polar surface area (TPSA) is 12.0 Å². The Balaban J connectivity index is 0.000000509. The Morgan fingerprint density at radius 1 is 1.00 bits per heavy atom. The third kappa shape index (κ3) is 5.92. The van der Waals surface area contributed by atoms with Crippen molar-refractivity contribution in [3.05, 3.63) is 35.9 Å². The van der Waals surface area contributed by atoms with Gasteiger partial charge in [0.15, 0.2) is 0 Å². The van der Waals surface area contributed by atoms with Gasteiger partial charge in [-0.05, 0) is 25.3 Å². The van der Waals surface area contributed by atoms with Gasteiger partial charge in [0, 0.05) is 12.1 Å². The third-order valence-electron chi connectivity index (χ3n) is 2.36. The Hall–Kier alpha value is -0.820. The van der Waals surface area contributed by atoms with Crippen LogP contribution >= 0.6 is 0 Å². The summed E-state index contributed by atoms with van der Waals surface area (Å²) in [5.74, 6) is 0. The summed E-state index contributed by atoms with van der Waals surface area (Å²) < 4.78 is 0. The number of rotatable bonds is 3. The van der Waals surface area contributed by atoms with Gasteiger partial charge in [0.25, 0.3) is 0 Å². The van der Waals surface area contributed by atoms with Gasteiger partial charge in [-0.3, -0.25) is 0 Å². The van der Waals surface area contributed by atoms with Crippen LogP contribution in [0.4, 0.5) is 0 Å². The van der Waals surface area contributed by atoms with Crippen molar-refractivity contribution in [1.82, 2.24) is 5.32 Å². The maximum absolute atomic E-state index is 3.57. The van der Waals surface area contributed by atoms with Gasteiger partial charge < -0.3 is 5.32 Å². The second-order valence-corrected chi connectivity index (χ2v) is 3.57. The fraction of sp³-hybridized carbons (Fsp3) is 0.600. The van der Waals surface area contributed by atoms with E-state index in [9.17, 15) is 0 Å². The zero-order valence-electron chi connectivity index (χ0n) is 11.5. The highest BCUT2D eigenvalue weighted by Crippen LogP contribution is 2.23. The van der Waals surface area contributed by atoms with E-state index in [0.717, 1.165) is 6.04 Å². The number of nitrogens with one attached hydrogen (secondary N) is 1. The average Bonchev–Trinajstić information content (AvgIpc) is 3.19. The SMILES string of the molecule is CC.CC.CC(NC1CC1)c1ccccc1. The van der Waals surface area contributed by atoms with Crippen molar-refractivity contribution < 1.29 is 0 Å². The zero-order chi connectivity index (χ0) is 12.4. The Bertz CT molecular complexity index is 239. The van der Waals surface area contributed by atoms with Crippen molar-refractivity contribution in [3.63, 3.8) is 0 Å². The molecule has 0 aliphatic heterocycles. The first-order chi connectivity index (χ1) is 7.86. The zero-order valence-corrected chi connectivity index (χ0v) is 11.5. The van der Waals surface area contributed by atoms with E-state index in [1.54, 1.807) is 0 Å². The molecule has 1 aliphatic rings. The van der Waals surface area contributed by atoms with E-state index >= 15 is 0 Å². The van der Waals surface area contributed by atoms with E-state index in [0.29, 0.717) is 6.04 Å². The molecule has 1 fully saturated rings. The fourth-order valence-electron chi connectivity index (χ4n) is 1.44. The maximum atomic E-state index is 3.57. The smallest absolute Gasteiger partial charge is 0.0294 e. The minimum atomic E-state index is 0.513. The number of benzene rings is 1. The molecule has 1 saturated carbocycles. The highest BCUT2D eigenvalue weighted by molar-refractivity contribution is 5.18. The summed E-state index contributed by atoms with van der Waals surface area (Å²) in [6, 6.07) is 11.9. The van der Waals surface area contributed by atoms with Crippen molar-refractivity contribution >= 4 is 0 Å².